The highest BCUT2D eigenvalue weighted by molar-refractivity contribution is 5.91. The Balaban J connectivity index is 1.78. The fourth-order valence-corrected chi connectivity index (χ4v) is 2.42. The molecule has 0 heterocycles. The fraction of sp³-hybridized carbons (Fsp3) is 0.316. The first-order chi connectivity index (χ1) is 11.1. The molecule has 0 aromatic heterocycles. The molecule has 122 valence electrons. The molecule has 23 heavy (non-hydrogen) atoms. The Morgan fingerprint density at radius 2 is 1.65 bits per heavy atom. The first-order valence-corrected chi connectivity index (χ1v) is 7.91. The topological polar surface area (TPSA) is 50.4 Å². The van der Waals surface area contributed by atoms with Crippen LogP contribution in [-0.2, 0) is 4.79 Å². The van der Waals surface area contributed by atoms with Gasteiger partial charge in [0.2, 0.25) is 5.91 Å². The quantitative estimate of drug-likeness (QED) is 0.808. The molecule has 2 rings (SSSR count). The van der Waals surface area contributed by atoms with E-state index in [-0.39, 0.29) is 5.91 Å². The number of amides is 1. The lowest BCUT2D eigenvalue weighted by molar-refractivity contribution is -0.115. The number of rotatable bonds is 7. The highest BCUT2D eigenvalue weighted by Gasteiger charge is 2.03. The van der Waals surface area contributed by atoms with E-state index in [2.05, 4.69) is 42.7 Å². The summed E-state index contributed by atoms with van der Waals surface area (Å²) < 4.78 is 5.38. The van der Waals surface area contributed by atoms with Crippen LogP contribution in [-0.4, -0.2) is 19.1 Å². The molecular formula is C19H24N2O2. The van der Waals surface area contributed by atoms with Gasteiger partial charge in [0.05, 0.1) is 6.61 Å². The first kappa shape index (κ1) is 16.9. The van der Waals surface area contributed by atoms with Crippen molar-refractivity contribution in [1.29, 1.82) is 0 Å². The number of hydrogen-bond acceptors (Lipinski definition) is 3. The third kappa shape index (κ3) is 5.66. The largest absolute Gasteiger partial charge is 0.494 e. The Labute approximate surface area is 137 Å². The summed E-state index contributed by atoms with van der Waals surface area (Å²) in [6.45, 7) is 7.31. The van der Waals surface area contributed by atoms with Gasteiger partial charge in [0, 0.05) is 24.3 Å². The van der Waals surface area contributed by atoms with E-state index in [0.717, 1.165) is 17.1 Å². The predicted octanol–water partition coefficient (Wildman–Crippen LogP) is 4.14. The number of carbonyl (C=O) groups is 1. The zero-order valence-electron chi connectivity index (χ0n) is 14.0. The van der Waals surface area contributed by atoms with Crippen LogP contribution in [0.15, 0.2) is 42.5 Å². The monoisotopic (exact) mass is 312 g/mol. The van der Waals surface area contributed by atoms with Gasteiger partial charge >= 0.3 is 0 Å². The molecule has 0 radical (unpaired) electrons. The third-order valence-corrected chi connectivity index (χ3v) is 3.35. The molecule has 2 N–H and O–H groups in total. The minimum atomic E-state index is -0.00830. The molecule has 4 nitrogen and oxygen atoms in total. The van der Waals surface area contributed by atoms with Crippen LogP contribution in [0.25, 0.3) is 0 Å². The fourth-order valence-electron chi connectivity index (χ4n) is 2.42. The summed E-state index contributed by atoms with van der Waals surface area (Å²) in [6.07, 6.45) is 0.417. The van der Waals surface area contributed by atoms with E-state index in [4.69, 9.17) is 4.74 Å². The third-order valence-electron chi connectivity index (χ3n) is 3.35. The standard InChI is InChI=1S/C19H24N2O2/c1-4-23-18-7-5-16(6-8-18)21-19(22)9-10-20-17-12-14(2)11-15(3)13-17/h5-8,11-13,20H,4,9-10H2,1-3H3,(H,21,22). The second-order valence-corrected chi connectivity index (χ2v) is 5.56. The van der Waals surface area contributed by atoms with Crippen LogP contribution < -0.4 is 15.4 Å². The van der Waals surface area contributed by atoms with Crippen LogP contribution in [0.1, 0.15) is 24.5 Å². The Morgan fingerprint density at radius 1 is 1.00 bits per heavy atom. The van der Waals surface area contributed by atoms with Gasteiger partial charge in [0.15, 0.2) is 0 Å². The molecule has 0 unspecified atom stereocenters. The number of benzene rings is 2. The zero-order valence-corrected chi connectivity index (χ0v) is 14.0. The highest BCUT2D eigenvalue weighted by Crippen LogP contribution is 2.16. The Hall–Kier alpha value is -2.49. The maximum atomic E-state index is 12.0. The highest BCUT2D eigenvalue weighted by atomic mass is 16.5. The summed E-state index contributed by atoms with van der Waals surface area (Å²) in [6, 6.07) is 13.7. The average Bonchev–Trinajstić information content (AvgIpc) is 2.48. The van der Waals surface area contributed by atoms with Crippen LogP contribution >= 0.6 is 0 Å². The number of aryl methyl sites for hydroxylation is 2. The Kier molecular flexibility index (Phi) is 6.03. The second-order valence-electron chi connectivity index (χ2n) is 5.56. The predicted molar refractivity (Wildman–Crippen MR) is 95.3 cm³/mol. The van der Waals surface area contributed by atoms with E-state index in [0.29, 0.717) is 19.6 Å². The summed E-state index contributed by atoms with van der Waals surface area (Å²) >= 11 is 0. The van der Waals surface area contributed by atoms with Crippen LogP contribution in [0.5, 0.6) is 5.75 Å². The average molecular weight is 312 g/mol. The van der Waals surface area contributed by atoms with Crippen molar-refractivity contribution in [3.05, 3.63) is 53.6 Å². The van der Waals surface area contributed by atoms with Crippen molar-refractivity contribution in [2.45, 2.75) is 27.2 Å². The van der Waals surface area contributed by atoms with Crippen LogP contribution in [0.4, 0.5) is 11.4 Å². The summed E-state index contributed by atoms with van der Waals surface area (Å²) in [7, 11) is 0. The van der Waals surface area contributed by atoms with E-state index in [1.807, 2.05) is 31.2 Å². The maximum Gasteiger partial charge on any atom is 0.226 e. The number of hydrogen-bond donors (Lipinski definition) is 2. The summed E-state index contributed by atoms with van der Waals surface area (Å²) in [5.74, 6) is 0.799. The van der Waals surface area contributed by atoms with Crippen molar-refractivity contribution >= 4 is 17.3 Å². The zero-order chi connectivity index (χ0) is 16.7. The van der Waals surface area contributed by atoms with Crippen molar-refractivity contribution in [3.8, 4) is 5.75 Å². The summed E-state index contributed by atoms with van der Waals surface area (Å²) in [5, 5.41) is 6.17. The lowest BCUT2D eigenvalue weighted by atomic mass is 10.1. The van der Waals surface area contributed by atoms with E-state index in [1.165, 1.54) is 11.1 Å². The van der Waals surface area contributed by atoms with E-state index < -0.39 is 0 Å². The van der Waals surface area contributed by atoms with Crippen LogP contribution in [0.3, 0.4) is 0 Å². The van der Waals surface area contributed by atoms with Crippen LogP contribution in [0, 0.1) is 13.8 Å². The van der Waals surface area contributed by atoms with Gasteiger partial charge in [-0.15, -0.1) is 0 Å². The Morgan fingerprint density at radius 3 is 2.26 bits per heavy atom. The van der Waals surface area contributed by atoms with E-state index in [9.17, 15) is 4.79 Å². The number of nitrogens with one attached hydrogen (secondary N) is 2. The maximum absolute atomic E-state index is 12.0. The lowest BCUT2D eigenvalue weighted by Gasteiger charge is -2.10. The Bertz CT molecular complexity index is 631. The molecule has 0 aliphatic heterocycles. The molecule has 2 aromatic rings. The molecule has 0 aliphatic rings. The van der Waals surface area contributed by atoms with Crippen LogP contribution in [0.2, 0.25) is 0 Å². The first-order valence-electron chi connectivity index (χ1n) is 7.91. The van der Waals surface area contributed by atoms with Gasteiger partial charge in [-0.05, 0) is 68.3 Å². The van der Waals surface area contributed by atoms with Gasteiger partial charge in [-0.2, -0.15) is 0 Å². The van der Waals surface area contributed by atoms with Gasteiger partial charge < -0.3 is 15.4 Å². The molecule has 0 saturated carbocycles. The molecular weight excluding hydrogens is 288 g/mol. The molecule has 1 amide bonds. The number of carbonyl (C=O) groups excluding carboxylic acids is 1. The number of ether oxygens (including phenoxy) is 1. The van der Waals surface area contributed by atoms with Crippen molar-refractivity contribution in [1.82, 2.24) is 0 Å². The molecule has 0 fully saturated rings. The van der Waals surface area contributed by atoms with Crippen molar-refractivity contribution < 1.29 is 9.53 Å². The molecule has 0 spiro atoms. The minimum Gasteiger partial charge on any atom is -0.494 e. The molecule has 0 aliphatic carbocycles. The normalized spacial score (nSPS) is 10.2. The lowest BCUT2D eigenvalue weighted by Crippen LogP contribution is -2.16. The van der Waals surface area contributed by atoms with E-state index >= 15 is 0 Å². The smallest absolute Gasteiger partial charge is 0.226 e. The molecule has 0 saturated heterocycles. The van der Waals surface area contributed by atoms with Gasteiger partial charge in [0.25, 0.3) is 0 Å². The van der Waals surface area contributed by atoms with Gasteiger partial charge in [0.1, 0.15) is 5.75 Å². The second kappa shape index (κ2) is 8.22. The van der Waals surface area contributed by atoms with Gasteiger partial charge in [-0.25, -0.2) is 0 Å². The van der Waals surface area contributed by atoms with Crippen molar-refractivity contribution in [3.63, 3.8) is 0 Å². The van der Waals surface area contributed by atoms with Gasteiger partial charge in [-0.3, -0.25) is 4.79 Å². The molecule has 0 bridgehead atoms. The van der Waals surface area contributed by atoms with Crippen molar-refractivity contribution in [2.24, 2.45) is 0 Å². The van der Waals surface area contributed by atoms with Gasteiger partial charge in [-0.1, -0.05) is 6.07 Å². The number of anilines is 2. The van der Waals surface area contributed by atoms with Crippen molar-refractivity contribution in [2.75, 3.05) is 23.8 Å². The van der Waals surface area contributed by atoms with E-state index in [1.54, 1.807) is 0 Å². The SMILES string of the molecule is CCOc1ccc(NC(=O)CCNc2cc(C)cc(C)c2)cc1. The summed E-state index contributed by atoms with van der Waals surface area (Å²) in [5.41, 5.74) is 4.26. The summed E-state index contributed by atoms with van der Waals surface area (Å²) in [4.78, 5) is 12.0. The molecule has 0 atom stereocenters. The molecule has 2 aromatic carbocycles. The minimum absolute atomic E-state index is 0.00830. The molecule has 4 heteroatoms.